The average Bonchev–Trinajstić information content (AvgIpc) is 2.27. The number of carbonyl (C=O) groups excluding carboxylic acids is 1. The van der Waals surface area contributed by atoms with Gasteiger partial charge in [-0.05, 0) is 39.5 Å². The summed E-state index contributed by atoms with van der Waals surface area (Å²) < 4.78 is 5.24. The molecule has 0 saturated carbocycles. The third kappa shape index (κ3) is 5.07. The van der Waals surface area contributed by atoms with Crippen LogP contribution >= 0.6 is 0 Å². The normalized spacial score (nSPS) is 16.6. The summed E-state index contributed by atoms with van der Waals surface area (Å²) in [5.74, 6) is 0.419. The van der Waals surface area contributed by atoms with Crippen LogP contribution in [-0.2, 0) is 9.53 Å². The fourth-order valence-electron chi connectivity index (χ4n) is 2.15. The molecular weight excluding hydrogens is 214 g/mol. The zero-order valence-corrected chi connectivity index (χ0v) is 12.3. The smallest absolute Gasteiger partial charge is 0.326 e. The number of hydrogen-bond acceptors (Lipinski definition) is 3. The molecule has 0 amide bonds. The van der Waals surface area contributed by atoms with E-state index in [4.69, 9.17) is 4.74 Å². The minimum atomic E-state index is -0.514. The van der Waals surface area contributed by atoms with Crippen molar-refractivity contribution in [2.75, 3.05) is 6.61 Å². The predicted molar refractivity (Wildman–Crippen MR) is 72.0 cm³/mol. The molecule has 2 atom stereocenters. The second kappa shape index (κ2) is 7.70. The van der Waals surface area contributed by atoms with Gasteiger partial charge < -0.3 is 4.74 Å². The van der Waals surface area contributed by atoms with Gasteiger partial charge in [0.2, 0.25) is 0 Å². The third-order valence-electron chi connectivity index (χ3n) is 3.23. The number of ether oxygens (including phenoxy) is 1. The monoisotopic (exact) mass is 243 g/mol. The fraction of sp³-hybridized carbons (Fsp3) is 0.929. The van der Waals surface area contributed by atoms with Gasteiger partial charge in [0.25, 0.3) is 0 Å². The van der Waals surface area contributed by atoms with Gasteiger partial charge in [0.05, 0.1) is 6.61 Å². The van der Waals surface area contributed by atoms with Gasteiger partial charge in [-0.1, -0.05) is 27.2 Å². The highest BCUT2D eigenvalue weighted by Crippen LogP contribution is 2.25. The van der Waals surface area contributed by atoms with Crippen LogP contribution in [0.4, 0.5) is 0 Å². The lowest BCUT2D eigenvalue weighted by Crippen LogP contribution is -2.56. The molecule has 0 aliphatic rings. The molecular formula is C14H29NO2. The first kappa shape index (κ1) is 16.4. The minimum Gasteiger partial charge on any atom is -0.465 e. The van der Waals surface area contributed by atoms with Crippen LogP contribution < -0.4 is 5.32 Å². The molecule has 0 saturated heterocycles. The standard InChI is InChI=1S/C14H29NO2/c1-7-12(6)10-14(8-2,15-11(4)5)13(16)17-9-3/h11-12,15H,7-10H2,1-6H3. The van der Waals surface area contributed by atoms with Gasteiger partial charge in [-0.15, -0.1) is 0 Å². The van der Waals surface area contributed by atoms with E-state index in [-0.39, 0.29) is 12.0 Å². The second-order valence-electron chi connectivity index (χ2n) is 5.17. The fourth-order valence-corrected chi connectivity index (χ4v) is 2.15. The van der Waals surface area contributed by atoms with Crippen LogP contribution in [0.25, 0.3) is 0 Å². The maximum absolute atomic E-state index is 12.2. The summed E-state index contributed by atoms with van der Waals surface area (Å²) in [4.78, 5) is 12.2. The van der Waals surface area contributed by atoms with E-state index in [1.165, 1.54) is 0 Å². The highest BCUT2D eigenvalue weighted by atomic mass is 16.5. The first-order valence-electron chi connectivity index (χ1n) is 6.86. The van der Waals surface area contributed by atoms with Crippen LogP contribution in [0.3, 0.4) is 0 Å². The molecule has 0 aromatic carbocycles. The lowest BCUT2D eigenvalue weighted by molar-refractivity contribution is -0.152. The molecule has 3 nitrogen and oxygen atoms in total. The topological polar surface area (TPSA) is 38.3 Å². The first-order chi connectivity index (χ1) is 7.91. The van der Waals surface area contributed by atoms with Crippen molar-refractivity contribution in [1.82, 2.24) is 5.32 Å². The largest absolute Gasteiger partial charge is 0.465 e. The van der Waals surface area contributed by atoms with Crippen molar-refractivity contribution in [2.24, 2.45) is 5.92 Å². The number of hydrogen-bond donors (Lipinski definition) is 1. The average molecular weight is 243 g/mol. The Morgan fingerprint density at radius 2 is 1.82 bits per heavy atom. The third-order valence-corrected chi connectivity index (χ3v) is 3.23. The summed E-state index contributed by atoms with van der Waals surface area (Å²) in [5.41, 5.74) is -0.514. The zero-order chi connectivity index (χ0) is 13.5. The van der Waals surface area contributed by atoms with Gasteiger partial charge in [-0.2, -0.15) is 0 Å². The van der Waals surface area contributed by atoms with E-state index >= 15 is 0 Å². The molecule has 0 rings (SSSR count). The predicted octanol–water partition coefficient (Wildman–Crippen LogP) is 3.13. The molecule has 0 bridgehead atoms. The van der Waals surface area contributed by atoms with E-state index in [0.717, 1.165) is 19.3 Å². The molecule has 0 spiro atoms. The number of nitrogens with one attached hydrogen (secondary N) is 1. The first-order valence-corrected chi connectivity index (χ1v) is 6.86. The SMILES string of the molecule is CCOC(=O)C(CC)(CC(C)CC)NC(C)C. The van der Waals surface area contributed by atoms with Crippen LogP contribution in [0.2, 0.25) is 0 Å². The van der Waals surface area contributed by atoms with Gasteiger partial charge in [-0.3, -0.25) is 10.1 Å². The van der Waals surface area contributed by atoms with Gasteiger partial charge in [0, 0.05) is 6.04 Å². The van der Waals surface area contributed by atoms with Crippen LogP contribution in [0.15, 0.2) is 0 Å². The van der Waals surface area contributed by atoms with Crippen molar-refractivity contribution in [3.8, 4) is 0 Å². The maximum atomic E-state index is 12.2. The number of rotatable bonds is 8. The Kier molecular flexibility index (Phi) is 7.44. The van der Waals surface area contributed by atoms with E-state index in [1.807, 2.05) is 6.92 Å². The molecule has 2 unspecified atom stereocenters. The highest BCUT2D eigenvalue weighted by Gasteiger charge is 2.39. The van der Waals surface area contributed by atoms with E-state index < -0.39 is 5.54 Å². The molecule has 0 heterocycles. The van der Waals surface area contributed by atoms with E-state index in [1.54, 1.807) is 0 Å². The van der Waals surface area contributed by atoms with Gasteiger partial charge in [0.15, 0.2) is 0 Å². The lowest BCUT2D eigenvalue weighted by Gasteiger charge is -2.35. The Bertz CT molecular complexity index is 228. The Morgan fingerprint density at radius 1 is 1.24 bits per heavy atom. The Hall–Kier alpha value is -0.570. The van der Waals surface area contributed by atoms with Crippen LogP contribution in [0.5, 0.6) is 0 Å². The van der Waals surface area contributed by atoms with E-state index in [0.29, 0.717) is 12.5 Å². The highest BCUT2D eigenvalue weighted by molar-refractivity contribution is 5.80. The van der Waals surface area contributed by atoms with Gasteiger partial charge >= 0.3 is 5.97 Å². The summed E-state index contributed by atoms with van der Waals surface area (Å²) in [6, 6.07) is 0.281. The Morgan fingerprint density at radius 3 is 2.18 bits per heavy atom. The second-order valence-corrected chi connectivity index (χ2v) is 5.17. The minimum absolute atomic E-state index is 0.100. The van der Waals surface area contributed by atoms with Crippen molar-refractivity contribution < 1.29 is 9.53 Å². The molecule has 0 aromatic rings. The molecule has 1 N–H and O–H groups in total. The summed E-state index contributed by atoms with van der Waals surface area (Å²) in [7, 11) is 0. The van der Waals surface area contributed by atoms with Crippen molar-refractivity contribution >= 4 is 5.97 Å². The molecule has 0 fully saturated rings. The quantitative estimate of drug-likeness (QED) is 0.666. The molecule has 17 heavy (non-hydrogen) atoms. The summed E-state index contributed by atoms with van der Waals surface area (Å²) in [6.45, 7) is 12.8. The van der Waals surface area contributed by atoms with Crippen molar-refractivity contribution in [2.45, 2.75) is 72.4 Å². The van der Waals surface area contributed by atoms with Crippen LogP contribution in [0, 0.1) is 5.92 Å². The number of esters is 1. The van der Waals surface area contributed by atoms with Crippen molar-refractivity contribution in [3.05, 3.63) is 0 Å². The summed E-state index contributed by atoms with van der Waals surface area (Å²) >= 11 is 0. The number of carbonyl (C=O) groups is 1. The zero-order valence-electron chi connectivity index (χ0n) is 12.3. The van der Waals surface area contributed by atoms with Crippen molar-refractivity contribution in [1.29, 1.82) is 0 Å². The molecule has 0 aliphatic carbocycles. The molecule has 0 aromatic heterocycles. The van der Waals surface area contributed by atoms with E-state index in [2.05, 4.69) is 39.9 Å². The molecule has 0 radical (unpaired) electrons. The van der Waals surface area contributed by atoms with Gasteiger partial charge in [0.1, 0.15) is 5.54 Å². The van der Waals surface area contributed by atoms with Crippen LogP contribution in [-0.4, -0.2) is 24.2 Å². The summed E-state index contributed by atoms with van der Waals surface area (Å²) in [5, 5.41) is 3.42. The summed E-state index contributed by atoms with van der Waals surface area (Å²) in [6.07, 6.45) is 2.70. The van der Waals surface area contributed by atoms with Gasteiger partial charge in [-0.25, -0.2) is 0 Å². The Labute approximate surface area is 106 Å². The van der Waals surface area contributed by atoms with Crippen molar-refractivity contribution in [3.63, 3.8) is 0 Å². The van der Waals surface area contributed by atoms with E-state index in [9.17, 15) is 4.79 Å². The molecule has 102 valence electrons. The molecule has 0 aliphatic heterocycles. The maximum Gasteiger partial charge on any atom is 0.326 e. The molecule has 3 heteroatoms. The van der Waals surface area contributed by atoms with Crippen LogP contribution in [0.1, 0.15) is 60.8 Å². The Balaban J connectivity index is 4.92. The lowest BCUT2D eigenvalue weighted by atomic mass is 9.84.